The number of hydrogen-bond acceptors (Lipinski definition) is 4. The number of urea groups is 1. The Balaban J connectivity index is 1.95. The van der Waals surface area contributed by atoms with E-state index in [9.17, 15) is 14.4 Å². The predicted octanol–water partition coefficient (Wildman–Crippen LogP) is -0.203. The molecule has 4 amide bonds. The smallest absolute Gasteiger partial charge is 0.306 e. The van der Waals surface area contributed by atoms with Crippen molar-refractivity contribution in [2.24, 2.45) is 5.92 Å². The van der Waals surface area contributed by atoms with Gasteiger partial charge in [0, 0.05) is 13.1 Å². The molecule has 2 heterocycles. The van der Waals surface area contributed by atoms with Crippen LogP contribution in [0.25, 0.3) is 0 Å². The van der Waals surface area contributed by atoms with Crippen LogP contribution >= 0.6 is 0 Å². The molecule has 1 unspecified atom stereocenters. The largest absolute Gasteiger partial charge is 0.330 e. The van der Waals surface area contributed by atoms with Gasteiger partial charge in [-0.1, -0.05) is 0 Å². The molecule has 0 aromatic heterocycles. The average Bonchev–Trinajstić information content (AvgIpc) is 2.23. The molecule has 2 fully saturated rings. The minimum Gasteiger partial charge on any atom is -0.306 e. The van der Waals surface area contributed by atoms with E-state index in [0.717, 1.165) is 25.9 Å². The third-order valence-electron chi connectivity index (χ3n) is 3.27. The van der Waals surface area contributed by atoms with Crippen molar-refractivity contribution in [1.29, 1.82) is 0 Å². The van der Waals surface area contributed by atoms with E-state index in [2.05, 4.69) is 10.2 Å². The first-order valence-corrected chi connectivity index (χ1v) is 5.89. The first kappa shape index (κ1) is 12.0. The summed E-state index contributed by atoms with van der Waals surface area (Å²) >= 11 is 0. The summed E-state index contributed by atoms with van der Waals surface area (Å²) in [6.07, 6.45) is 1.90. The maximum absolute atomic E-state index is 11.6. The van der Waals surface area contributed by atoms with Gasteiger partial charge in [-0.25, -0.2) is 4.79 Å². The van der Waals surface area contributed by atoms with Crippen LogP contribution in [-0.4, -0.2) is 54.3 Å². The number of nitrogens with zero attached hydrogens (tertiary/aromatic N) is 2. The highest BCUT2D eigenvalue weighted by atomic mass is 16.2. The van der Waals surface area contributed by atoms with E-state index < -0.39 is 11.9 Å². The Kier molecular flexibility index (Phi) is 3.42. The zero-order valence-corrected chi connectivity index (χ0v) is 9.94. The summed E-state index contributed by atoms with van der Waals surface area (Å²) in [5.41, 5.74) is 0. The minimum absolute atomic E-state index is 0.214. The molecule has 94 valence electrons. The number of piperidine rings is 1. The lowest BCUT2D eigenvalue weighted by Crippen LogP contribution is -2.54. The van der Waals surface area contributed by atoms with Crippen LogP contribution in [0.15, 0.2) is 0 Å². The Morgan fingerprint density at radius 2 is 2.12 bits per heavy atom. The van der Waals surface area contributed by atoms with Crippen LogP contribution in [0.1, 0.15) is 19.3 Å². The maximum atomic E-state index is 11.6. The van der Waals surface area contributed by atoms with Crippen LogP contribution in [0.4, 0.5) is 4.79 Å². The zero-order valence-electron chi connectivity index (χ0n) is 9.94. The van der Waals surface area contributed by atoms with Crippen molar-refractivity contribution in [2.45, 2.75) is 19.3 Å². The van der Waals surface area contributed by atoms with E-state index in [1.807, 2.05) is 7.05 Å². The summed E-state index contributed by atoms with van der Waals surface area (Å²) < 4.78 is 0. The highest BCUT2D eigenvalue weighted by molar-refractivity contribution is 6.14. The molecule has 17 heavy (non-hydrogen) atoms. The van der Waals surface area contributed by atoms with Gasteiger partial charge in [-0.3, -0.25) is 19.8 Å². The fraction of sp³-hybridized carbons (Fsp3) is 0.727. The molecule has 2 aliphatic heterocycles. The lowest BCUT2D eigenvalue weighted by atomic mass is 9.97. The molecule has 2 saturated heterocycles. The molecule has 0 aliphatic carbocycles. The number of rotatable bonds is 2. The zero-order chi connectivity index (χ0) is 12.4. The van der Waals surface area contributed by atoms with E-state index in [-0.39, 0.29) is 12.3 Å². The maximum Gasteiger partial charge on any atom is 0.330 e. The Hall–Kier alpha value is -1.43. The van der Waals surface area contributed by atoms with E-state index in [0.29, 0.717) is 12.5 Å². The van der Waals surface area contributed by atoms with Gasteiger partial charge in [-0.2, -0.15) is 0 Å². The van der Waals surface area contributed by atoms with Crippen LogP contribution in [-0.2, 0) is 9.59 Å². The second-order valence-corrected chi connectivity index (χ2v) is 4.80. The van der Waals surface area contributed by atoms with Gasteiger partial charge in [-0.05, 0) is 32.4 Å². The molecule has 6 nitrogen and oxygen atoms in total. The van der Waals surface area contributed by atoms with Gasteiger partial charge in [0.15, 0.2) is 0 Å². The number of amides is 4. The summed E-state index contributed by atoms with van der Waals surface area (Å²) in [6, 6.07) is -0.570. The molecule has 2 aliphatic rings. The van der Waals surface area contributed by atoms with Gasteiger partial charge in [0.1, 0.15) is 6.42 Å². The van der Waals surface area contributed by atoms with E-state index in [1.165, 1.54) is 4.90 Å². The predicted molar refractivity (Wildman–Crippen MR) is 60.1 cm³/mol. The quantitative estimate of drug-likeness (QED) is 0.677. The first-order chi connectivity index (χ1) is 8.06. The molecule has 1 atom stereocenters. The SMILES string of the molecule is CN1CCCC(CN2C(=O)CC(=O)NC2=O)C1. The summed E-state index contributed by atoms with van der Waals surface area (Å²) in [5.74, 6) is -0.569. The highest BCUT2D eigenvalue weighted by Gasteiger charge is 2.33. The molecule has 0 saturated carbocycles. The Bertz CT molecular complexity index is 336. The molecule has 0 aromatic carbocycles. The number of hydrogen-bond donors (Lipinski definition) is 1. The molecular weight excluding hydrogens is 222 g/mol. The van der Waals surface area contributed by atoms with E-state index >= 15 is 0 Å². The van der Waals surface area contributed by atoms with Crippen molar-refractivity contribution in [2.75, 3.05) is 26.7 Å². The van der Waals surface area contributed by atoms with Gasteiger partial charge in [0.2, 0.25) is 11.8 Å². The lowest BCUT2D eigenvalue weighted by molar-refractivity contribution is -0.136. The van der Waals surface area contributed by atoms with Crippen molar-refractivity contribution in [1.82, 2.24) is 15.1 Å². The fourth-order valence-corrected chi connectivity index (χ4v) is 2.44. The summed E-state index contributed by atoms with van der Waals surface area (Å²) in [7, 11) is 2.04. The Morgan fingerprint density at radius 1 is 1.35 bits per heavy atom. The highest BCUT2D eigenvalue weighted by Crippen LogP contribution is 2.17. The van der Waals surface area contributed by atoms with E-state index in [1.54, 1.807) is 0 Å². The summed E-state index contributed by atoms with van der Waals surface area (Å²) in [4.78, 5) is 37.5. The Morgan fingerprint density at radius 3 is 2.76 bits per heavy atom. The number of imide groups is 2. The van der Waals surface area contributed by atoms with Gasteiger partial charge in [0.25, 0.3) is 0 Å². The standard InChI is InChI=1S/C11H17N3O3/c1-13-4-2-3-8(6-13)7-14-10(16)5-9(15)12-11(14)17/h8H,2-7H2,1H3,(H,12,15,17). The van der Waals surface area contributed by atoms with Gasteiger partial charge < -0.3 is 4.90 Å². The number of nitrogens with one attached hydrogen (secondary N) is 1. The topological polar surface area (TPSA) is 69.7 Å². The summed E-state index contributed by atoms with van der Waals surface area (Å²) in [5, 5.41) is 2.17. The third kappa shape index (κ3) is 2.82. The summed E-state index contributed by atoms with van der Waals surface area (Å²) in [6.45, 7) is 2.38. The number of carbonyl (C=O) groups excluding carboxylic acids is 3. The van der Waals surface area contributed by atoms with Crippen LogP contribution in [0, 0.1) is 5.92 Å². The second kappa shape index (κ2) is 4.83. The van der Waals surface area contributed by atoms with Crippen LogP contribution in [0.2, 0.25) is 0 Å². The molecule has 2 rings (SSSR count). The average molecular weight is 239 g/mol. The second-order valence-electron chi connectivity index (χ2n) is 4.80. The third-order valence-corrected chi connectivity index (χ3v) is 3.27. The van der Waals surface area contributed by atoms with Crippen molar-refractivity contribution >= 4 is 17.8 Å². The Labute approximate surface area is 99.9 Å². The van der Waals surface area contributed by atoms with Crippen molar-refractivity contribution < 1.29 is 14.4 Å². The first-order valence-electron chi connectivity index (χ1n) is 5.89. The number of likely N-dealkylation sites (tertiary alicyclic amines) is 1. The normalized spacial score (nSPS) is 27.2. The van der Waals surface area contributed by atoms with Crippen molar-refractivity contribution in [3.63, 3.8) is 0 Å². The molecule has 0 aromatic rings. The molecular formula is C11H17N3O3. The molecule has 1 N–H and O–H groups in total. The van der Waals surface area contributed by atoms with Gasteiger partial charge in [-0.15, -0.1) is 0 Å². The fourth-order valence-electron chi connectivity index (χ4n) is 2.44. The van der Waals surface area contributed by atoms with Gasteiger partial charge in [0.05, 0.1) is 0 Å². The van der Waals surface area contributed by atoms with Crippen molar-refractivity contribution in [3.8, 4) is 0 Å². The number of barbiturate groups is 1. The number of carbonyl (C=O) groups is 3. The van der Waals surface area contributed by atoms with Crippen molar-refractivity contribution in [3.05, 3.63) is 0 Å². The van der Waals surface area contributed by atoms with Crippen LogP contribution in [0.5, 0.6) is 0 Å². The molecule has 0 bridgehead atoms. The molecule has 0 radical (unpaired) electrons. The lowest BCUT2D eigenvalue weighted by Gasteiger charge is -2.34. The molecule has 0 spiro atoms. The van der Waals surface area contributed by atoms with Crippen LogP contribution < -0.4 is 5.32 Å². The molecule has 6 heteroatoms. The minimum atomic E-state index is -0.570. The van der Waals surface area contributed by atoms with E-state index in [4.69, 9.17) is 0 Å². The van der Waals surface area contributed by atoms with Crippen LogP contribution in [0.3, 0.4) is 0 Å². The monoisotopic (exact) mass is 239 g/mol. The van der Waals surface area contributed by atoms with Gasteiger partial charge >= 0.3 is 6.03 Å².